The number of hydrogen-bond donors (Lipinski definition) is 0. The molecule has 9 heteroatoms. The van der Waals surface area contributed by atoms with E-state index in [9.17, 15) is 14.9 Å². The number of hydrogen-bond acceptors (Lipinski definition) is 6. The minimum absolute atomic E-state index is 0.0310. The van der Waals surface area contributed by atoms with E-state index in [1.807, 2.05) is 60.8 Å². The second-order valence-corrected chi connectivity index (χ2v) is 11.2. The molecule has 1 aliphatic heterocycles. The Kier molecular flexibility index (Phi) is 6.44. The van der Waals surface area contributed by atoms with Gasteiger partial charge in [0.05, 0.1) is 16.2 Å². The number of carbonyl (C=O) groups is 1. The first-order chi connectivity index (χ1) is 20.9. The number of benzene rings is 4. The van der Waals surface area contributed by atoms with Crippen LogP contribution < -0.4 is 5.01 Å². The van der Waals surface area contributed by atoms with Gasteiger partial charge in [0.2, 0.25) is 5.13 Å². The van der Waals surface area contributed by atoms with Crippen molar-refractivity contribution in [1.82, 2.24) is 9.55 Å². The predicted molar refractivity (Wildman–Crippen MR) is 173 cm³/mol. The minimum Gasteiger partial charge on any atom is -0.341 e. The lowest BCUT2D eigenvalue weighted by molar-refractivity contribution is -0.384. The molecule has 0 fully saturated rings. The summed E-state index contributed by atoms with van der Waals surface area (Å²) in [5.41, 5.74) is 7.40. The molecule has 210 valence electrons. The van der Waals surface area contributed by atoms with Crippen molar-refractivity contribution in [2.45, 2.75) is 20.4 Å². The first-order valence-corrected chi connectivity index (χ1v) is 14.7. The predicted octanol–water partition coefficient (Wildman–Crippen LogP) is 7.99. The zero-order valence-electron chi connectivity index (χ0n) is 23.4. The number of aryl methyl sites for hydroxylation is 2. The molecule has 0 bridgehead atoms. The normalized spacial score (nSPS) is 14.3. The van der Waals surface area contributed by atoms with E-state index in [1.165, 1.54) is 28.5 Å². The van der Waals surface area contributed by atoms with Crippen molar-refractivity contribution in [2.24, 2.45) is 5.10 Å². The van der Waals surface area contributed by atoms with Gasteiger partial charge in [0.25, 0.3) is 11.6 Å². The quantitative estimate of drug-likeness (QED) is 0.113. The van der Waals surface area contributed by atoms with Gasteiger partial charge in [-0.1, -0.05) is 54.1 Å². The number of carbonyl (C=O) groups excluding carboxylic acids is 1. The second-order valence-electron chi connectivity index (χ2n) is 10.3. The number of rotatable bonds is 6. The fourth-order valence-electron chi connectivity index (χ4n) is 5.52. The van der Waals surface area contributed by atoms with Crippen molar-refractivity contribution in [3.63, 3.8) is 0 Å². The lowest BCUT2D eigenvalue weighted by atomic mass is 9.99. The monoisotopic (exact) mass is 583 g/mol. The van der Waals surface area contributed by atoms with Crippen molar-refractivity contribution in [3.05, 3.63) is 129 Å². The average Bonchev–Trinajstić information content (AvgIpc) is 3.72. The molecular weight excluding hydrogens is 558 g/mol. The third-order valence-corrected chi connectivity index (χ3v) is 8.49. The number of nitrogens with zero attached hydrogens (tertiary/aromatic N) is 5. The molecule has 0 spiro atoms. The molecule has 0 aliphatic carbocycles. The number of fused-ring (bicyclic) bond motifs is 3. The molecule has 0 radical (unpaired) electrons. The number of hydrazone groups is 1. The van der Waals surface area contributed by atoms with E-state index >= 15 is 0 Å². The van der Waals surface area contributed by atoms with Crippen molar-refractivity contribution in [3.8, 4) is 11.3 Å². The van der Waals surface area contributed by atoms with E-state index < -0.39 is 4.92 Å². The lowest BCUT2D eigenvalue weighted by Gasteiger charge is -2.07. The maximum atomic E-state index is 14.0. The summed E-state index contributed by atoms with van der Waals surface area (Å²) in [6.45, 7) is 5.00. The number of nitro groups is 1. The summed E-state index contributed by atoms with van der Waals surface area (Å²) in [5.74, 6) is -0.311. The van der Waals surface area contributed by atoms with E-state index in [-0.39, 0.29) is 11.6 Å². The van der Waals surface area contributed by atoms with Crippen LogP contribution in [-0.2, 0) is 11.3 Å². The van der Waals surface area contributed by atoms with Gasteiger partial charge >= 0.3 is 0 Å². The van der Waals surface area contributed by atoms with Gasteiger partial charge in [-0.15, -0.1) is 11.3 Å². The number of anilines is 1. The van der Waals surface area contributed by atoms with Crippen molar-refractivity contribution in [2.75, 3.05) is 5.01 Å². The molecule has 2 aromatic heterocycles. The molecule has 0 saturated heterocycles. The van der Waals surface area contributed by atoms with Crippen LogP contribution in [0.25, 0.3) is 39.1 Å². The number of para-hydroxylation sites is 1. The first-order valence-electron chi connectivity index (χ1n) is 13.8. The van der Waals surface area contributed by atoms with E-state index in [1.54, 1.807) is 12.1 Å². The topological polar surface area (TPSA) is 93.6 Å². The Balaban J connectivity index is 1.33. The highest BCUT2D eigenvalue weighted by Gasteiger charge is 2.34. The summed E-state index contributed by atoms with van der Waals surface area (Å²) in [6, 6.07) is 28.6. The van der Waals surface area contributed by atoms with Crippen LogP contribution in [0.15, 0.2) is 107 Å². The van der Waals surface area contributed by atoms with Crippen molar-refractivity contribution in [1.29, 1.82) is 0 Å². The maximum Gasteiger partial charge on any atom is 0.283 e. The first kappa shape index (κ1) is 26.5. The van der Waals surface area contributed by atoms with Crippen LogP contribution in [-0.4, -0.2) is 26.1 Å². The molecule has 0 atom stereocenters. The second kappa shape index (κ2) is 10.5. The van der Waals surface area contributed by atoms with Crippen LogP contribution in [0.1, 0.15) is 23.6 Å². The molecule has 0 unspecified atom stereocenters. The standard InChI is InChI=1S/C34H25N5O3S/c1-3-37-30-7-5-4-6-26(30)27-18-22(10-17-31(27)37)19-28-32(24-13-15-25(16-14-24)39(41)42)36-38(33(28)40)34-35-29(20-43-34)23-11-8-21(2)9-12-23/h4-20H,3H2,1-2H3/b28-19-. The third kappa shape index (κ3) is 4.60. The SMILES string of the molecule is CCn1c2ccccc2c2cc(/C=C3\C(=O)N(c4nc(-c5ccc(C)cc5)cs4)N=C3c3ccc([N+](=O)[O-])cc3)ccc21. The van der Waals surface area contributed by atoms with E-state index in [2.05, 4.69) is 35.8 Å². The Hall–Kier alpha value is -5.41. The lowest BCUT2D eigenvalue weighted by Crippen LogP contribution is -2.21. The Morgan fingerprint density at radius 2 is 1.63 bits per heavy atom. The summed E-state index contributed by atoms with van der Waals surface area (Å²) in [6.07, 6.45) is 1.84. The van der Waals surface area contributed by atoms with Crippen LogP contribution in [0.5, 0.6) is 0 Å². The van der Waals surface area contributed by atoms with Gasteiger partial charge in [-0.25, -0.2) is 4.98 Å². The Labute approximate surface area is 251 Å². The van der Waals surface area contributed by atoms with Gasteiger partial charge in [-0.2, -0.15) is 10.1 Å². The molecule has 43 heavy (non-hydrogen) atoms. The summed E-state index contributed by atoms with van der Waals surface area (Å²) >= 11 is 1.34. The molecule has 0 N–H and O–H groups in total. The van der Waals surface area contributed by atoms with Gasteiger partial charge < -0.3 is 4.57 Å². The number of nitro benzene ring substituents is 1. The van der Waals surface area contributed by atoms with Crippen LogP contribution in [0.3, 0.4) is 0 Å². The van der Waals surface area contributed by atoms with E-state index in [0.29, 0.717) is 22.0 Å². The highest BCUT2D eigenvalue weighted by Crippen LogP contribution is 2.35. The Bertz CT molecular complexity index is 2120. The van der Waals surface area contributed by atoms with Crippen molar-refractivity contribution < 1.29 is 9.72 Å². The third-order valence-electron chi connectivity index (χ3n) is 7.67. The van der Waals surface area contributed by atoms with Crippen LogP contribution in [0.2, 0.25) is 0 Å². The maximum absolute atomic E-state index is 14.0. The van der Waals surface area contributed by atoms with Crippen LogP contribution >= 0.6 is 11.3 Å². The highest BCUT2D eigenvalue weighted by atomic mass is 32.1. The fourth-order valence-corrected chi connectivity index (χ4v) is 6.30. The van der Waals surface area contributed by atoms with Gasteiger partial charge in [0, 0.05) is 57.0 Å². The number of thiazole rings is 1. The van der Waals surface area contributed by atoms with Gasteiger partial charge in [-0.3, -0.25) is 14.9 Å². The molecule has 1 aliphatic rings. The molecule has 4 aromatic carbocycles. The molecule has 0 saturated carbocycles. The molecule has 1 amide bonds. The zero-order valence-corrected chi connectivity index (χ0v) is 24.2. The largest absolute Gasteiger partial charge is 0.341 e. The van der Waals surface area contributed by atoms with E-state index in [4.69, 9.17) is 10.1 Å². The average molecular weight is 584 g/mol. The summed E-state index contributed by atoms with van der Waals surface area (Å²) in [7, 11) is 0. The Morgan fingerprint density at radius 3 is 2.37 bits per heavy atom. The minimum atomic E-state index is -0.446. The number of aromatic nitrogens is 2. The van der Waals surface area contributed by atoms with Crippen LogP contribution in [0.4, 0.5) is 10.8 Å². The van der Waals surface area contributed by atoms with Crippen LogP contribution in [0, 0.1) is 17.0 Å². The molecule has 3 heterocycles. The smallest absolute Gasteiger partial charge is 0.283 e. The highest BCUT2D eigenvalue weighted by molar-refractivity contribution is 7.14. The summed E-state index contributed by atoms with van der Waals surface area (Å²) in [4.78, 5) is 29.6. The van der Waals surface area contributed by atoms with Gasteiger partial charge in [0.1, 0.15) is 5.71 Å². The number of amides is 1. The summed E-state index contributed by atoms with van der Waals surface area (Å²) in [5, 5.41) is 21.9. The van der Waals surface area contributed by atoms with Gasteiger partial charge in [0.15, 0.2) is 0 Å². The number of non-ortho nitro benzene ring substituents is 1. The molecule has 6 aromatic rings. The molecule has 8 nitrogen and oxygen atoms in total. The van der Waals surface area contributed by atoms with Crippen molar-refractivity contribution >= 4 is 61.7 Å². The van der Waals surface area contributed by atoms with Gasteiger partial charge in [-0.05, 0) is 55.8 Å². The molecule has 7 rings (SSSR count). The van der Waals surface area contributed by atoms with E-state index in [0.717, 1.165) is 50.7 Å². The summed E-state index contributed by atoms with van der Waals surface area (Å²) < 4.78 is 2.28. The molecular formula is C34H25N5O3S. The fraction of sp³-hybridized carbons (Fsp3) is 0.0882. The zero-order chi connectivity index (χ0) is 29.7. The Morgan fingerprint density at radius 1 is 0.907 bits per heavy atom.